The number of hydrogen-bond donors (Lipinski definition) is 2. The Morgan fingerprint density at radius 2 is 1.74 bits per heavy atom. The molecule has 4 atom stereocenters. The molecule has 27 heavy (non-hydrogen) atoms. The van der Waals surface area contributed by atoms with E-state index >= 15 is 0 Å². The Balaban J connectivity index is 1.45. The molecule has 1 aromatic heterocycles. The molecule has 7 heteroatoms. The molecule has 4 rings (SSSR count). The molecule has 0 aliphatic carbocycles. The van der Waals surface area contributed by atoms with Gasteiger partial charge < -0.3 is 24.5 Å². The van der Waals surface area contributed by atoms with Gasteiger partial charge in [-0.1, -0.05) is 12.2 Å². The zero-order chi connectivity index (χ0) is 18.8. The number of furan rings is 1. The highest BCUT2D eigenvalue weighted by molar-refractivity contribution is 5.97. The van der Waals surface area contributed by atoms with Gasteiger partial charge in [-0.05, 0) is 36.4 Å². The standard InChI is InChI=1S/C20H20N2O5/c1-25-13-6-4-12(5-7-13)22-20(24)18-16-9-8-15(27-16)17(18)19(23)21-11-14-3-2-10-26-14/h2-10,15-18H,11H2,1H3,(H,21,23)(H,22,24)/t15-,16+,17-,18-/m0/s1. The predicted octanol–water partition coefficient (Wildman–Crippen LogP) is 2.11. The van der Waals surface area contributed by atoms with Crippen molar-refractivity contribution in [3.8, 4) is 5.75 Å². The average Bonchev–Trinajstić information content (AvgIpc) is 3.43. The number of hydrogen-bond acceptors (Lipinski definition) is 5. The van der Waals surface area contributed by atoms with E-state index in [1.807, 2.05) is 12.2 Å². The second kappa shape index (κ2) is 7.28. The zero-order valence-corrected chi connectivity index (χ0v) is 14.8. The largest absolute Gasteiger partial charge is 0.497 e. The number of rotatable bonds is 6. The Bertz CT molecular complexity index is 844. The summed E-state index contributed by atoms with van der Waals surface area (Å²) in [6, 6.07) is 10.6. The van der Waals surface area contributed by atoms with Crippen molar-refractivity contribution in [2.24, 2.45) is 11.8 Å². The van der Waals surface area contributed by atoms with Crippen LogP contribution in [0.2, 0.25) is 0 Å². The minimum absolute atomic E-state index is 0.224. The number of anilines is 1. The molecule has 2 N–H and O–H groups in total. The average molecular weight is 368 g/mol. The highest BCUT2D eigenvalue weighted by Gasteiger charge is 2.52. The summed E-state index contributed by atoms with van der Waals surface area (Å²) in [6.07, 6.45) is 4.46. The lowest BCUT2D eigenvalue weighted by Crippen LogP contribution is -2.44. The van der Waals surface area contributed by atoms with Crippen molar-refractivity contribution >= 4 is 17.5 Å². The van der Waals surface area contributed by atoms with Crippen LogP contribution < -0.4 is 15.4 Å². The third kappa shape index (κ3) is 3.46. The molecule has 2 aliphatic rings. The van der Waals surface area contributed by atoms with Crippen LogP contribution in [0.25, 0.3) is 0 Å². The third-order valence-electron chi connectivity index (χ3n) is 4.88. The van der Waals surface area contributed by atoms with Gasteiger partial charge in [0.05, 0.1) is 44.0 Å². The number of nitrogens with one attached hydrogen (secondary N) is 2. The summed E-state index contributed by atoms with van der Waals surface area (Å²) < 4.78 is 16.1. The molecule has 2 aliphatic heterocycles. The first-order valence-electron chi connectivity index (χ1n) is 8.74. The molecular formula is C20H20N2O5. The Morgan fingerprint density at radius 3 is 2.37 bits per heavy atom. The van der Waals surface area contributed by atoms with Gasteiger partial charge in [0, 0.05) is 5.69 Å². The SMILES string of the molecule is COc1ccc(NC(=O)[C@@H]2[C@@H](C(=O)NCc3ccco3)[C@@H]3C=C[C@H]2O3)cc1. The van der Waals surface area contributed by atoms with E-state index in [0.717, 1.165) is 0 Å². The number of amides is 2. The van der Waals surface area contributed by atoms with Gasteiger partial charge in [0.1, 0.15) is 11.5 Å². The van der Waals surface area contributed by atoms with Crippen LogP contribution in [0, 0.1) is 11.8 Å². The summed E-state index contributed by atoms with van der Waals surface area (Å²) in [4.78, 5) is 25.6. The molecule has 1 saturated heterocycles. The Labute approximate surface area is 156 Å². The number of carbonyl (C=O) groups excluding carboxylic acids is 2. The van der Waals surface area contributed by atoms with Crippen molar-refractivity contribution in [3.63, 3.8) is 0 Å². The van der Waals surface area contributed by atoms with E-state index in [0.29, 0.717) is 17.2 Å². The number of ether oxygens (including phenoxy) is 2. The first-order valence-corrected chi connectivity index (χ1v) is 8.74. The van der Waals surface area contributed by atoms with Crippen molar-refractivity contribution in [2.45, 2.75) is 18.8 Å². The van der Waals surface area contributed by atoms with Crippen LogP contribution in [0.15, 0.2) is 59.2 Å². The lowest BCUT2D eigenvalue weighted by atomic mass is 9.81. The van der Waals surface area contributed by atoms with Crippen LogP contribution in [0.4, 0.5) is 5.69 Å². The topological polar surface area (TPSA) is 89.8 Å². The third-order valence-corrected chi connectivity index (χ3v) is 4.88. The van der Waals surface area contributed by atoms with Crippen LogP contribution in [-0.4, -0.2) is 31.1 Å². The molecule has 2 aromatic rings. The summed E-state index contributed by atoms with van der Waals surface area (Å²) >= 11 is 0. The van der Waals surface area contributed by atoms with Gasteiger partial charge >= 0.3 is 0 Å². The number of benzene rings is 1. The fraction of sp³-hybridized carbons (Fsp3) is 0.300. The fourth-order valence-electron chi connectivity index (χ4n) is 3.54. The lowest BCUT2D eigenvalue weighted by molar-refractivity contribution is -0.131. The smallest absolute Gasteiger partial charge is 0.231 e. The van der Waals surface area contributed by atoms with Gasteiger partial charge in [-0.3, -0.25) is 9.59 Å². The van der Waals surface area contributed by atoms with Crippen molar-refractivity contribution < 1.29 is 23.5 Å². The Kier molecular flexibility index (Phi) is 4.68. The van der Waals surface area contributed by atoms with E-state index in [9.17, 15) is 9.59 Å². The maximum atomic E-state index is 12.9. The van der Waals surface area contributed by atoms with Gasteiger partial charge in [-0.25, -0.2) is 0 Å². The van der Waals surface area contributed by atoms with Gasteiger partial charge in [-0.15, -0.1) is 0 Å². The molecule has 7 nitrogen and oxygen atoms in total. The highest BCUT2D eigenvalue weighted by atomic mass is 16.5. The lowest BCUT2D eigenvalue weighted by Gasteiger charge is -2.23. The second-order valence-corrected chi connectivity index (χ2v) is 6.52. The maximum Gasteiger partial charge on any atom is 0.231 e. The molecule has 0 spiro atoms. The van der Waals surface area contributed by atoms with Crippen molar-refractivity contribution in [2.75, 3.05) is 12.4 Å². The molecular weight excluding hydrogens is 348 g/mol. The summed E-state index contributed by atoms with van der Waals surface area (Å²) in [5.74, 6) is -0.267. The summed E-state index contributed by atoms with van der Waals surface area (Å²) in [5.41, 5.74) is 0.641. The normalized spacial score (nSPS) is 25.4. The van der Waals surface area contributed by atoms with E-state index in [4.69, 9.17) is 13.9 Å². The number of carbonyl (C=O) groups is 2. The first-order chi connectivity index (χ1) is 13.2. The Morgan fingerprint density at radius 1 is 1.04 bits per heavy atom. The van der Waals surface area contributed by atoms with Crippen molar-refractivity contribution in [1.82, 2.24) is 5.32 Å². The molecule has 3 heterocycles. The van der Waals surface area contributed by atoms with E-state index < -0.39 is 24.0 Å². The molecule has 0 saturated carbocycles. The molecule has 2 amide bonds. The molecule has 0 radical (unpaired) electrons. The Hall–Kier alpha value is -3.06. The first kappa shape index (κ1) is 17.4. The predicted molar refractivity (Wildman–Crippen MR) is 97.0 cm³/mol. The van der Waals surface area contributed by atoms with Crippen LogP contribution in [0.3, 0.4) is 0 Å². The summed E-state index contributed by atoms with van der Waals surface area (Å²) in [5, 5.41) is 5.70. The van der Waals surface area contributed by atoms with Gasteiger partial charge in [0.15, 0.2) is 0 Å². The summed E-state index contributed by atoms with van der Waals surface area (Å²) in [6.45, 7) is 0.274. The molecule has 1 aromatic carbocycles. The zero-order valence-electron chi connectivity index (χ0n) is 14.8. The second-order valence-electron chi connectivity index (χ2n) is 6.52. The van der Waals surface area contributed by atoms with E-state index in [1.54, 1.807) is 49.8 Å². The quantitative estimate of drug-likeness (QED) is 0.763. The molecule has 0 unspecified atom stereocenters. The van der Waals surface area contributed by atoms with Gasteiger partial charge in [0.2, 0.25) is 11.8 Å². The van der Waals surface area contributed by atoms with Gasteiger partial charge in [-0.2, -0.15) is 0 Å². The van der Waals surface area contributed by atoms with Crippen molar-refractivity contribution in [1.29, 1.82) is 0 Å². The fourth-order valence-corrected chi connectivity index (χ4v) is 3.54. The van der Waals surface area contributed by atoms with E-state index in [-0.39, 0.29) is 18.4 Å². The molecule has 2 bridgehead atoms. The monoisotopic (exact) mass is 368 g/mol. The summed E-state index contributed by atoms with van der Waals surface area (Å²) in [7, 11) is 1.58. The van der Waals surface area contributed by atoms with E-state index in [1.165, 1.54) is 0 Å². The highest BCUT2D eigenvalue weighted by Crippen LogP contribution is 2.40. The maximum absolute atomic E-state index is 12.9. The van der Waals surface area contributed by atoms with Crippen molar-refractivity contribution in [3.05, 3.63) is 60.6 Å². The van der Waals surface area contributed by atoms with Crippen LogP contribution >= 0.6 is 0 Å². The van der Waals surface area contributed by atoms with Gasteiger partial charge in [0.25, 0.3) is 0 Å². The number of fused-ring (bicyclic) bond motifs is 2. The molecule has 140 valence electrons. The number of methoxy groups -OCH3 is 1. The van der Waals surface area contributed by atoms with Crippen LogP contribution in [-0.2, 0) is 20.9 Å². The van der Waals surface area contributed by atoms with Crippen LogP contribution in [0.5, 0.6) is 5.75 Å². The van der Waals surface area contributed by atoms with Crippen LogP contribution in [0.1, 0.15) is 5.76 Å². The molecule has 1 fully saturated rings. The van der Waals surface area contributed by atoms with E-state index in [2.05, 4.69) is 10.6 Å². The minimum Gasteiger partial charge on any atom is -0.497 e. The minimum atomic E-state index is -0.585.